The smallest absolute Gasteiger partial charge is 0.138 e. The Kier molecular flexibility index (Phi) is 1.57. The maximum atomic E-state index is 11.4. The predicted octanol–water partition coefficient (Wildman–Crippen LogP) is -0.101. The van der Waals surface area contributed by atoms with Crippen LogP contribution in [0.4, 0.5) is 0 Å². The van der Waals surface area contributed by atoms with E-state index in [2.05, 4.69) is 5.73 Å². The molecule has 2 bridgehead atoms. The summed E-state index contributed by atoms with van der Waals surface area (Å²) in [5, 5.41) is 0. The van der Waals surface area contributed by atoms with Crippen molar-refractivity contribution < 1.29 is 15.3 Å². The molecule has 0 unspecified atom stereocenters. The molecule has 0 radical (unpaired) electrons. The normalized spacial score (nSPS) is 46.7. The first-order valence-electron chi connectivity index (χ1n) is 4.59. The van der Waals surface area contributed by atoms with Crippen LogP contribution in [0.15, 0.2) is 0 Å². The molecule has 0 aromatic heterocycles. The van der Waals surface area contributed by atoms with Crippen LogP contribution in [-0.4, -0.2) is 23.5 Å². The minimum Gasteiger partial charge on any atom is -0.362 e. The number of hydrogen-bond acceptors (Lipinski definition) is 2. The van der Waals surface area contributed by atoms with Gasteiger partial charge in [0.1, 0.15) is 17.9 Å². The van der Waals surface area contributed by atoms with Gasteiger partial charge in [-0.25, -0.2) is 0 Å². The van der Waals surface area contributed by atoms with Crippen molar-refractivity contribution in [2.45, 2.75) is 43.8 Å². The SMILES string of the molecule is C[C@]12CC[C@@](C[NH3+])(CC(=O)C1)O2. The molecule has 0 aromatic carbocycles. The summed E-state index contributed by atoms with van der Waals surface area (Å²) in [5.41, 5.74) is 3.52. The first-order valence-corrected chi connectivity index (χ1v) is 4.59. The Labute approximate surface area is 72.3 Å². The van der Waals surface area contributed by atoms with Crippen molar-refractivity contribution in [3.8, 4) is 0 Å². The van der Waals surface area contributed by atoms with E-state index < -0.39 is 0 Å². The zero-order valence-electron chi connectivity index (χ0n) is 7.56. The highest BCUT2D eigenvalue weighted by Gasteiger charge is 2.53. The summed E-state index contributed by atoms with van der Waals surface area (Å²) in [6, 6.07) is 0. The third kappa shape index (κ3) is 1.08. The summed E-state index contributed by atoms with van der Waals surface area (Å²) in [5.74, 6) is 0.352. The van der Waals surface area contributed by atoms with E-state index in [1.807, 2.05) is 6.92 Å². The van der Waals surface area contributed by atoms with E-state index in [1.54, 1.807) is 0 Å². The molecule has 2 atom stereocenters. The highest BCUT2D eigenvalue weighted by Crippen LogP contribution is 2.45. The zero-order valence-corrected chi connectivity index (χ0v) is 7.56. The minimum absolute atomic E-state index is 0.160. The monoisotopic (exact) mass is 170 g/mol. The molecule has 0 aliphatic carbocycles. The first-order chi connectivity index (χ1) is 5.58. The fourth-order valence-electron chi connectivity index (χ4n) is 2.47. The molecule has 2 heterocycles. The van der Waals surface area contributed by atoms with Crippen molar-refractivity contribution in [1.29, 1.82) is 0 Å². The quantitative estimate of drug-likeness (QED) is 0.597. The summed E-state index contributed by atoms with van der Waals surface area (Å²) in [6.45, 7) is 2.77. The molecule has 3 heteroatoms. The molecular formula is C9H16NO2+. The molecule has 0 spiro atoms. The summed E-state index contributed by atoms with van der Waals surface area (Å²) in [4.78, 5) is 11.4. The van der Waals surface area contributed by atoms with Crippen molar-refractivity contribution in [1.82, 2.24) is 0 Å². The second-order valence-electron chi connectivity index (χ2n) is 4.38. The fourth-order valence-corrected chi connectivity index (χ4v) is 2.47. The number of carbonyl (C=O) groups excluding carboxylic acids is 1. The summed E-state index contributed by atoms with van der Waals surface area (Å²) in [6.07, 6.45) is 3.23. The largest absolute Gasteiger partial charge is 0.362 e. The Bertz CT molecular complexity index is 229. The standard InChI is InChI=1S/C9H15NO2/c1-8-2-3-9(6-10,12-8)5-7(11)4-8/h2-6,10H2,1H3/p+1/t8-,9-/m0/s1. The average molecular weight is 170 g/mol. The Morgan fingerprint density at radius 3 is 2.92 bits per heavy atom. The number of quaternary nitrogens is 1. The van der Waals surface area contributed by atoms with Crippen LogP contribution >= 0.6 is 0 Å². The molecule has 2 rings (SSSR count). The van der Waals surface area contributed by atoms with Crippen LogP contribution in [0.25, 0.3) is 0 Å². The van der Waals surface area contributed by atoms with Gasteiger partial charge in [-0.2, -0.15) is 0 Å². The van der Waals surface area contributed by atoms with Crippen LogP contribution in [0.5, 0.6) is 0 Å². The van der Waals surface area contributed by atoms with Gasteiger partial charge < -0.3 is 10.5 Å². The number of hydrogen-bond donors (Lipinski definition) is 1. The Hall–Kier alpha value is -0.410. The maximum absolute atomic E-state index is 11.4. The molecule has 3 N–H and O–H groups in total. The highest BCUT2D eigenvalue weighted by atomic mass is 16.5. The minimum atomic E-state index is -0.190. The van der Waals surface area contributed by atoms with Crippen LogP contribution in [0, 0.1) is 0 Å². The molecule has 3 nitrogen and oxygen atoms in total. The molecule has 2 aliphatic rings. The van der Waals surface area contributed by atoms with Crippen LogP contribution in [-0.2, 0) is 9.53 Å². The van der Waals surface area contributed by atoms with Gasteiger partial charge in [-0.05, 0) is 19.8 Å². The van der Waals surface area contributed by atoms with Crippen molar-refractivity contribution in [3.05, 3.63) is 0 Å². The van der Waals surface area contributed by atoms with Crippen LogP contribution in [0.3, 0.4) is 0 Å². The zero-order chi connectivity index (χ0) is 8.82. The molecule has 2 fully saturated rings. The second-order valence-corrected chi connectivity index (χ2v) is 4.38. The van der Waals surface area contributed by atoms with Crippen molar-refractivity contribution in [2.24, 2.45) is 0 Å². The predicted molar refractivity (Wildman–Crippen MR) is 43.5 cm³/mol. The molecule has 2 saturated heterocycles. The third-order valence-electron chi connectivity index (χ3n) is 3.12. The Balaban J connectivity index is 2.26. The van der Waals surface area contributed by atoms with Gasteiger partial charge in [-0.1, -0.05) is 0 Å². The van der Waals surface area contributed by atoms with E-state index in [0.29, 0.717) is 18.6 Å². The third-order valence-corrected chi connectivity index (χ3v) is 3.12. The average Bonchev–Trinajstić information content (AvgIpc) is 2.23. The number of Topliss-reactive ketones (excluding diaryl/α,β-unsaturated/α-hetero) is 1. The Morgan fingerprint density at radius 1 is 1.50 bits per heavy atom. The van der Waals surface area contributed by atoms with Crippen LogP contribution in [0.2, 0.25) is 0 Å². The van der Waals surface area contributed by atoms with Gasteiger partial charge in [0.15, 0.2) is 0 Å². The molecular weight excluding hydrogens is 154 g/mol. The van der Waals surface area contributed by atoms with E-state index in [-0.39, 0.29) is 11.2 Å². The van der Waals surface area contributed by atoms with E-state index in [0.717, 1.165) is 19.4 Å². The number of rotatable bonds is 1. The summed E-state index contributed by atoms with van der Waals surface area (Å²) in [7, 11) is 0. The highest BCUT2D eigenvalue weighted by molar-refractivity contribution is 5.81. The number of fused-ring (bicyclic) bond motifs is 2. The molecule has 2 aliphatic heterocycles. The lowest BCUT2D eigenvalue weighted by Gasteiger charge is -2.35. The van der Waals surface area contributed by atoms with Crippen molar-refractivity contribution in [2.75, 3.05) is 6.54 Å². The molecule has 68 valence electrons. The van der Waals surface area contributed by atoms with E-state index in [4.69, 9.17) is 4.74 Å². The number of ketones is 1. The van der Waals surface area contributed by atoms with Gasteiger partial charge in [-0.15, -0.1) is 0 Å². The van der Waals surface area contributed by atoms with Gasteiger partial charge in [0.05, 0.1) is 5.60 Å². The second kappa shape index (κ2) is 2.30. The Morgan fingerprint density at radius 2 is 2.25 bits per heavy atom. The van der Waals surface area contributed by atoms with Crippen molar-refractivity contribution in [3.63, 3.8) is 0 Å². The van der Waals surface area contributed by atoms with Gasteiger partial charge in [0.2, 0.25) is 0 Å². The molecule has 0 aromatic rings. The van der Waals surface area contributed by atoms with E-state index in [1.165, 1.54) is 0 Å². The van der Waals surface area contributed by atoms with Gasteiger partial charge in [-0.3, -0.25) is 4.79 Å². The number of ether oxygens (including phenoxy) is 1. The molecule has 0 saturated carbocycles. The number of carbonyl (C=O) groups is 1. The maximum Gasteiger partial charge on any atom is 0.138 e. The summed E-state index contributed by atoms with van der Waals surface area (Å²) >= 11 is 0. The van der Waals surface area contributed by atoms with Crippen molar-refractivity contribution >= 4 is 5.78 Å². The lowest BCUT2D eigenvalue weighted by atomic mass is 9.93. The van der Waals surface area contributed by atoms with Gasteiger partial charge in [0.25, 0.3) is 0 Å². The van der Waals surface area contributed by atoms with E-state index >= 15 is 0 Å². The molecule has 12 heavy (non-hydrogen) atoms. The lowest BCUT2D eigenvalue weighted by Crippen LogP contribution is -2.63. The molecule has 0 amide bonds. The van der Waals surface area contributed by atoms with Crippen LogP contribution in [0.1, 0.15) is 32.6 Å². The van der Waals surface area contributed by atoms with Crippen LogP contribution < -0.4 is 5.73 Å². The van der Waals surface area contributed by atoms with Gasteiger partial charge >= 0.3 is 0 Å². The topological polar surface area (TPSA) is 53.9 Å². The summed E-state index contributed by atoms with van der Waals surface area (Å²) < 4.78 is 5.91. The lowest BCUT2D eigenvalue weighted by molar-refractivity contribution is -0.405. The fraction of sp³-hybridized carbons (Fsp3) is 0.889. The van der Waals surface area contributed by atoms with E-state index in [9.17, 15) is 4.79 Å². The van der Waals surface area contributed by atoms with Gasteiger partial charge in [0, 0.05) is 12.8 Å². The first kappa shape index (κ1) is 8.20.